The van der Waals surface area contributed by atoms with E-state index < -0.39 is 11.6 Å². The molecule has 126 valence electrons. The number of benzene rings is 2. The normalized spacial score (nSPS) is 12.6. The summed E-state index contributed by atoms with van der Waals surface area (Å²) in [5, 5.41) is 5.49. The number of carbonyl (C=O) groups excluding carboxylic acids is 1. The van der Waals surface area contributed by atoms with Gasteiger partial charge in [0, 0.05) is 30.8 Å². The van der Waals surface area contributed by atoms with Gasteiger partial charge in [-0.2, -0.15) is 0 Å². The molecule has 0 bridgehead atoms. The van der Waals surface area contributed by atoms with E-state index >= 15 is 0 Å². The van der Waals surface area contributed by atoms with Crippen LogP contribution in [0.5, 0.6) is 11.5 Å². The highest BCUT2D eigenvalue weighted by Gasteiger charge is 2.12. The number of amides is 1. The first kappa shape index (κ1) is 16.0. The van der Waals surface area contributed by atoms with E-state index in [1.54, 1.807) is 18.2 Å². The number of nitrogens with one attached hydrogen (secondary N) is 2. The quantitative estimate of drug-likeness (QED) is 0.882. The maximum absolute atomic E-state index is 13.5. The maximum Gasteiger partial charge on any atom is 0.226 e. The smallest absolute Gasteiger partial charge is 0.226 e. The van der Waals surface area contributed by atoms with Crippen molar-refractivity contribution < 1.29 is 23.0 Å². The summed E-state index contributed by atoms with van der Waals surface area (Å²) in [7, 11) is 0. The van der Waals surface area contributed by atoms with Crippen molar-refractivity contribution in [3.05, 3.63) is 48.0 Å². The SMILES string of the molecule is O=C(CCNc1ccc(F)cc1F)Nc1ccc2c(c1)OCCO2. The zero-order chi connectivity index (χ0) is 16.9. The Balaban J connectivity index is 1.50. The van der Waals surface area contributed by atoms with Crippen LogP contribution in [0.2, 0.25) is 0 Å². The van der Waals surface area contributed by atoms with E-state index in [1.165, 1.54) is 6.07 Å². The van der Waals surface area contributed by atoms with Crippen LogP contribution in [-0.2, 0) is 4.79 Å². The molecule has 24 heavy (non-hydrogen) atoms. The zero-order valence-electron chi connectivity index (χ0n) is 12.8. The molecule has 5 nitrogen and oxygen atoms in total. The van der Waals surface area contributed by atoms with Crippen LogP contribution in [0.25, 0.3) is 0 Å². The summed E-state index contributed by atoms with van der Waals surface area (Å²) in [6.07, 6.45) is 0.130. The van der Waals surface area contributed by atoms with Crippen LogP contribution in [0.15, 0.2) is 36.4 Å². The van der Waals surface area contributed by atoms with Gasteiger partial charge in [-0.3, -0.25) is 4.79 Å². The average Bonchev–Trinajstić information content (AvgIpc) is 2.57. The molecule has 0 atom stereocenters. The van der Waals surface area contributed by atoms with Gasteiger partial charge in [0.25, 0.3) is 0 Å². The van der Waals surface area contributed by atoms with Crippen LogP contribution in [-0.4, -0.2) is 25.7 Å². The average molecular weight is 334 g/mol. The first-order chi connectivity index (χ1) is 11.6. The van der Waals surface area contributed by atoms with Crippen molar-refractivity contribution in [2.45, 2.75) is 6.42 Å². The molecule has 1 heterocycles. The molecular weight excluding hydrogens is 318 g/mol. The van der Waals surface area contributed by atoms with Crippen LogP contribution in [0.4, 0.5) is 20.2 Å². The third-order valence-electron chi connectivity index (χ3n) is 3.42. The van der Waals surface area contributed by atoms with Gasteiger partial charge in [0.2, 0.25) is 5.91 Å². The number of fused-ring (bicyclic) bond motifs is 1. The molecule has 1 amide bonds. The van der Waals surface area contributed by atoms with Gasteiger partial charge in [-0.25, -0.2) is 8.78 Å². The molecule has 0 radical (unpaired) electrons. The monoisotopic (exact) mass is 334 g/mol. The third-order valence-corrected chi connectivity index (χ3v) is 3.42. The number of halogens is 2. The van der Waals surface area contributed by atoms with E-state index in [2.05, 4.69) is 10.6 Å². The highest BCUT2D eigenvalue weighted by Crippen LogP contribution is 2.32. The zero-order valence-corrected chi connectivity index (χ0v) is 12.8. The van der Waals surface area contributed by atoms with Gasteiger partial charge in [0.15, 0.2) is 11.5 Å². The summed E-state index contributed by atoms with van der Waals surface area (Å²) in [5.74, 6) is -0.336. The number of rotatable bonds is 5. The molecule has 0 aliphatic carbocycles. The fourth-order valence-corrected chi connectivity index (χ4v) is 2.29. The van der Waals surface area contributed by atoms with E-state index in [9.17, 15) is 13.6 Å². The number of anilines is 2. The fourth-order valence-electron chi connectivity index (χ4n) is 2.29. The fraction of sp³-hybridized carbons (Fsp3) is 0.235. The van der Waals surface area contributed by atoms with Crippen LogP contribution in [0.3, 0.4) is 0 Å². The molecule has 0 saturated carbocycles. The molecule has 0 saturated heterocycles. The predicted molar refractivity (Wildman–Crippen MR) is 85.5 cm³/mol. The molecule has 0 aromatic heterocycles. The second-order valence-electron chi connectivity index (χ2n) is 5.21. The van der Waals surface area contributed by atoms with Gasteiger partial charge in [0.1, 0.15) is 24.8 Å². The second-order valence-corrected chi connectivity index (χ2v) is 5.21. The van der Waals surface area contributed by atoms with Crippen molar-refractivity contribution in [2.75, 3.05) is 30.4 Å². The molecule has 0 unspecified atom stereocenters. The van der Waals surface area contributed by atoms with Crippen LogP contribution in [0.1, 0.15) is 6.42 Å². The van der Waals surface area contributed by atoms with E-state index in [0.717, 1.165) is 12.1 Å². The van der Waals surface area contributed by atoms with Gasteiger partial charge in [0.05, 0.1) is 5.69 Å². The van der Waals surface area contributed by atoms with Gasteiger partial charge >= 0.3 is 0 Å². The summed E-state index contributed by atoms with van der Waals surface area (Å²) in [6, 6.07) is 8.38. The molecule has 1 aliphatic heterocycles. The van der Waals surface area contributed by atoms with Crippen LogP contribution < -0.4 is 20.1 Å². The first-order valence-corrected chi connectivity index (χ1v) is 7.50. The summed E-state index contributed by atoms with van der Waals surface area (Å²) in [4.78, 5) is 11.9. The van der Waals surface area contributed by atoms with Gasteiger partial charge < -0.3 is 20.1 Å². The Bertz CT molecular complexity index is 753. The molecular formula is C17H16F2N2O3. The Labute approximate surface area is 137 Å². The van der Waals surface area contributed by atoms with Crippen LogP contribution in [0, 0.1) is 11.6 Å². The molecule has 0 fully saturated rings. The Morgan fingerprint density at radius 3 is 2.62 bits per heavy atom. The largest absolute Gasteiger partial charge is 0.486 e. The first-order valence-electron chi connectivity index (χ1n) is 7.50. The minimum atomic E-state index is -0.692. The molecule has 2 aromatic carbocycles. The Morgan fingerprint density at radius 1 is 1.04 bits per heavy atom. The van der Waals surface area contributed by atoms with Crippen LogP contribution >= 0.6 is 0 Å². The topological polar surface area (TPSA) is 59.6 Å². The minimum Gasteiger partial charge on any atom is -0.486 e. The van der Waals surface area contributed by atoms with E-state index in [1.807, 2.05) is 0 Å². The van der Waals surface area contributed by atoms with Gasteiger partial charge in [-0.1, -0.05) is 0 Å². The minimum absolute atomic E-state index is 0.130. The summed E-state index contributed by atoms with van der Waals surface area (Å²) in [6.45, 7) is 1.20. The Hall–Kier alpha value is -2.83. The third kappa shape index (κ3) is 3.92. The summed E-state index contributed by atoms with van der Waals surface area (Å²) >= 11 is 0. The predicted octanol–water partition coefficient (Wildman–Crippen LogP) is 3.18. The number of carbonyl (C=O) groups is 1. The number of hydrogen-bond acceptors (Lipinski definition) is 4. The molecule has 1 aliphatic rings. The van der Waals surface area contributed by atoms with Crippen molar-refractivity contribution in [1.29, 1.82) is 0 Å². The van der Waals surface area contributed by atoms with Crippen molar-refractivity contribution in [3.63, 3.8) is 0 Å². The lowest BCUT2D eigenvalue weighted by Crippen LogP contribution is -2.18. The highest BCUT2D eigenvalue weighted by molar-refractivity contribution is 5.91. The van der Waals surface area contributed by atoms with E-state index in [0.29, 0.717) is 30.4 Å². The van der Waals surface area contributed by atoms with Gasteiger partial charge in [-0.05, 0) is 24.3 Å². The lowest BCUT2D eigenvalue weighted by atomic mass is 10.2. The number of hydrogen-bond donors (Lipinski definition) is 2. The van der Waals surface area contributed by atoms with Crippen molar-refractivity contribution in [3.8, 4) is 11.5 Å². The van der Waals surface area contributed by atoms with Crippen molar-refractivity contribution >= 4 is 17.3 Å². The highest BCUT2D eigenvalue weighted by atomic mass is 19.1. The molecule has 3 rings (SSSR count). The van der Waals surface area contributed by atoms with Gasteiger partial charge in [-0.15, -0.1) is 0 Å². The molecule has 2 N–H and O–H groups in total. The Kier molecular flexibility index (Phi) is 4.79. The van der Waals surface area contributed by atoms with Crippen molar-refractivity contribution in [1.82, 2.24) is 0 Å². The van der Waals surface area contributed by atoms with Crippen molar-refractivity contribution in [2.24, 2.45) is 0 Å². The number of ether oxygens (including phenoxy) is 2. The lowest BCUT2D eigenvalue weighted by Gasteiger charge is -2.19. The standard InChI is InChI=1S/C17H16F2N2O3/c18-11-1-3-14(13(19)9-11)20-6-5-17(22)21-12-2-4-15-16(10-12)24-8-7-23-15/h1-4,9-10,20H,5-8H2,(H,21,22). The second kappa shape index (κ2) is 7.16. The van der Waals surface area contributed by atoms with E-state index in [4.69, 9.17) is 9.47 Å². The molecule has 7 heteroatoms. The summed E-state index contributed by atoms with van der Waals surface area (Å²) < 4.78 is 37.1. The molecule has 0 spiro atoms. The summed E-state index contributed by atoms with van der Waals surface area (Å²) in [5.41, 5.74) is 0.751. The van der Waals surface area contributed by atoms with E-state index in [-0.39, 0.29) is 24.6 Å². The maximum atomic E-state index is 13.5. The lowest BCUT2D eigenvalue weighted by molar-refractivity contribution is -0.115. The Morgan fingerprint density at radius 2 is 1.83 bits per heavy atom. The molecule has 2 aromatic rings.